The van der Waals surface area contributed by atoms with E-state index in [4.69, 9.17) is 9.47 Å². The minimum absolute atomic E-state index is 0.0119. The molecule has 0 radical (unpaired) electrons. The molecular weight excluding hydrogens is 349 g/mol. The number of piperidine rings is 1. The molecule has 0 aliphatic carbocycles. The fraction of sp³-hybridized carbons (Fsp3) is 0.611. The Morgan fingerprint density at radius 2 is 1.96 bits per heavy atom. The highest BCUT2D eigenvalue weighted by Crippen LogP contribution is 2.35. The third-order valence-corrected chi connectivity index (χ3v) is 4.41. The first kappa shape index (κ1) is 20.5. The summed E-state index contributed by atoms with van der Waals surface area (Å²) < 4.78 is 50.9. The number of halogens is 3. The standard InChI is InChI=1S/C18H25F3N2O3/c1-12(2)26-14-5-4-13(15(10-14)18(19,20)21)11-23-16(24)17(25-3)6-8-22-9-7-17/h4-5,10,12,22H,6-9,11H2,1-3H3,(H,23,24). The van der Waals surface area contributed by atoms with Crippen molar-refractivity contribution in [1.29, 1.82) is 0 Å². The van der Waals surface area contributed by atoms with Crippen LogP contribution in [0.3, 0.4) is 0 Å². The molecule has 0 saturated carbocycles. The number of carbonyl (C=O) groups is 1. The zero-order valence-electron chi connectivity index (χ0n) is 15.2. The van der Waals surface area contributed by atoms with Gasteiger partial charge in [0.2, 0.25) is 0 Å². The Morgan fingerprint density at radius 3 is 2.50 bits per heavy atom. The molecule has 8 heteroatoms. The lowest BCUT2D eigenvalue weighted by Gasteiger charge is -2.34. The van der Waals surface area contributed by atoms with E-state index in [1.807, 2.05) is 0 Å². The van der Waals surface area contributed by atoms with Gasteiger partial charge in [-0.25, -0.2) is 0 Å². The van der Waals surface area contributed by atoms with Gasteiger partial charge in [-0.2, -0.15) is 13.2 Å². The van der Waals surface area contributed by atoms with E-state index in [2.05, 4.69) is 10.6 Å². The fourth-order valence-corrected chi connectivity index (χ4v) is 3.01. The van der Waals surface area contributed by atoms with Gasteiger partial charge in [0.15, 0.2) is 0 Å². The lowest BCUT2D eigenvalue weighted by atomic mass is 9.91. The Morgan fingerprint density at radius 1 is 1.31 bits per heavy atom. The van der Waals surface area contributed by atoms with Crippen molar-refractivity contribution in [1.82, 2.24) is 10.6 Å². The number of rotatable bonds is 6. The predicted molar refractivity (Wildman–Crippen MR) is 90.9 cm³/mol. The molecule has 2 rings (SSSR count). The minimum atomic E-state index is -4.54. The monoisotopic (exact) mass is 374 g/mol. The zero-order valence-corrected chi connectivity index (χ0v) is 15.2. The van der Waals surface area contributed by atoms with E-state index in [-0.39, 0.29) is 24.0 Å². The van der Waals surface area contributed by atoms with Gasteiger partial charge < -0.3 is 20.1 Å². The van der Waals surface area contributed by atoms with Crippen molar-refractivity contribution < 1.29 is 27.4 Å². The van der Waals surface area contributed by atoms with Crippen LogP contribution in [0.2, 0.25) is 0 Å². The molecule has 26 heavy (non-hydrogen) atoms. The van der Waals surface area contributed by atoms with E-state index in [0.717, 1.165) is 6.07 Å². The molecule has 146 valence electrons. The molecule has 1 heterocycles. The van der Waals surface area contributed by atoms with Crippen molar-refractivity contribution in [3.63, 3.8) is 0 Å². The molecule has 0 unspecified atom stereocenters. The normalized spacial score (nSPS) is 17.2. The molecule has 0 bridgehead atoms. The number of alkyl halides is 3. The Hall–Kier alpha value is -1.80. The Balaban J connectivity index is 2.16. The maximum Gasteiger partial charge on any atom is 0.416 e. The van der Waals surface area contributed by atoms with Gasteiger partial charge >= 0.3 is 6.18 Å². The smallest absolute Gasteiger partial charge is 0.416 e. The van der Waals surface area contributed by atoms with Crippen molar-refractivity contribution in [2.45, 2.75) is 51.1 Å². The first-order valence-corrected chi connectivity index (χ1v) is 8.59. The molecule has 2 N–H and O–H groups in total. The number of ether oxygens (including phenoxy) is 2. The lowest BCUT2D eigenvalue weighted by Crippen LogP contribution is -2.54. The van der Waals surface area contributed by atoms with Crippen molar-refractivity contribution in [2.75, 3.05) is 20.2 Å². The number of hydrogen-bond acceptors (Lipinski definition) is 4. The van der Waals surface area contributed by atoms with Crippen LogP contribution < -0.4 is 15.4 Å². The molecule has 0 spiro atoms. The van der Waals surface area contributed by atoms with E-state index in [1.165, 1.54) is 19.2 Å². The third-order valence-electron chi connectivity index (χ3n) is 4.41. The lowest BCUT2D eigenvalue weighted by molar-refractivity contribution is -0.147. The van der Waals surface area contributed by atoms with Crippen LogP contribution in [-0.4, -0.2) is 37.8 Å². The van der Waals surface area contributed by atoms with Crippen molar-refractivity contribution in [3.8, 4) is 5.75 Å². The van der Waals surface area contributed by atoms with E-state index < -0.39 is 23.2 Å². The summed E-state index contributed by atoms with van der Waals surface area (Å²) >= 11 is 0. The van der Waals surface area contributed by atoms with Crippen LogP contribution in [0.4, 0.5) is 13.2 Å². The van der Waals surface area contributed by atoms with E-state index in [9.17, 15) is 18.0 Å². The number of methoxy groups -OCH3 is 1. The SMILES string of the molecule is COC1(C(=O)NCc2ccc(OC(C)C)cc2C(F)(F)F)CCNCC1. The van der Waals surface area contributed by atoms with Gasteiger partial charge in [-0.3, -0.25) is 4.79 Å². The van der Waals surface area contributed by atoms with Crippen LogP contribution in [0.25, 0.3) is 0 Å². The minimum Gasteiger partial charge on any atom is -0.491 e. The number of carbonyl (C=O) groups excluding carboxylic acids is 1. The number of hydrogen-bond donors (Lipinski definition) is 2. The largest absolute Gasteiger partial charge is 0.491 e. The molecule has 1 fully saturated rings. The average Bonchev–Trinajstić information content (AvgIpc) is 2.59. The van der Waals surface area contributed by atoms with Crippen LogP contribution >= 0.6 is 0 Å². The highest BCUT2D eigenvalue weighted by atomic mass is 19.4. The van der Waals surface area contributed by atoms with Crippen LogP contribution in [-0.2, 0) is 22.3 Å². The first-order chi connectivity index (χ1) is 12.2. The van der Waals surface area contributed by atoms with Crippen LogP contribution in [0.5, 0.6) is 5.75 Å². The summed E-state index contributed by atoms with van der Waals surface area (Å²) in [7, 11) is 1.45. The molecule has 5 nitrogen and oxygen atoms in total. The summed E-state index contributed by atoms with van der Waals surface area (Å²) in [6, 6.07) is 3.79. The van der Waals surface area contributed by atoms with Gasteiger partial charge in [-0.05, 0) is 57.5 Å². The van der Waals surface area contributed by atoms with Gasteiger partial charge in [0, 0.05) is 13.7 Å². The number of benzene rings is 1. The summed E-state index contributed by atoms with van der Waals surface area (Å²) in [6.07, 6.45) is -3.82. The van der Waals surface area contributed by atoms with Crippen molar-refractivity contribution in [2.24, 2.45) is 0 Å². The second-order valence-electron chi connectivity index (χ2n) is 6.61. The molecule has 1 aliphatic rings. The second-order valence-corrected chi connectivity index (χ2v) is 6.61. The summed E-state index contributed by atoms with van der Waals surface area (Å²) in [4.78, 5) is 12.5. The predicted octanol–water partition coefficient (Wildman–Crippen LogP) is 2.88. The third kappa shape index (κ3) is 4.88. The van der Waals surface area contributed by atoms with Gasteiger partial charge in [0.1, 0.15) is 11.4 Å². The topological polar surface area (TPSA) is 59.6 Å². The average molecular weight is 374 g/mol. The summed E-state index contributed by atoms with van der Waals surface area (Å²) in [6.45, 7) is 4.50. The molecule has 1 aliphatic heterocycles. The number of nitrogens with one attached hydrogen (secondary N) is 2. The van der Waals surface area contributed by atoms with E-state index in [0.29, 0.717) is 25.9 Å². The molecule has 1 aromatic carbocycles. The zero-order chi connectivity index (χ0) is 19.4. The second kappa shape index (κ2) is 8.26. The Labute approximate surface area is 151 Å². The summed E-state index contributed by atoms with van der Waals surface area (Å²) in [5, 5.41) is 5.73. The Bertz CT molecular complexity index is 627. The maximum atomic E-state index is 13.4. The van der Waals surface area contributed by atoms with Gasteiger partial charge in [0.05, 0.1) is 11.7 Å². The molecular formula is C18H25F3N2O3. The summed E-state index contributed by atoms with van der Waals surface area (Å²) in [5.74, 6) is -0.244. The van der Waals surface area contributed by atoms with Gasteiger partial charge in [-0.15, -0.1) is 0 Å². The highest BCUT2D eigenvalue weighted by molar-refractivity contribution is 5.85. The van der Waals surface area contributed by atoms with Crippen molar-refractivity contribution in [3.05, 3.63) is 29.3 Å². The fourth-order valence-electron chi connectivity index (χ4n) is 3.01. The van der Waals surface area contributed by atoms with Gasteiger partial charge in [0.25, 0.3) is 5.91 Å². The maximum absolute atomic E-state index is 13.4. The van der Waals surface area contributed by atoms with Crippen LogP contribution in [0.15, 0.2) is 18.2 Å². The summed E-state index contributed by atoms with van der Waals surface area (Å²) in [5.41, 5.74) is -1.82. The molecule has 1 amide bonds. The first-order valence-electron chi connectivity index (χ1n) is 8.59. The molecule has 0 aromatic heterocycles. The van der Waals surface area contributed by atoms with Gasteiger partial charge in [-0.1, -0.05) is 6.07 Å². The van der Waals surface area contributed by atoms with Crippen LogP contribution in [0.1, 0.15) is 37.8 Å². The quantitative estimate of drug-likeness (QED) is 0.804. The Kier molecular flexibility index (Phi) is 6.52. The van der Waals surface area contributed by atoms with E-state index >= 15 is 0 Å². The van der Waals surface area contributed by atoms with Crippen LogP contribution in [0, 0.1) is 0 Å². The molecule has 0 atom stereocenters. The van der Waals surface area contributed by atoms with E-state index in [1.54, 1.807) is 13.8 Å². The van der Waals surface area contributed by atoms with Crippen molar-refractivity contribution >= 4 is 5.91 Å². The molecule has 1 saturated heterocycles. The number of amides is 1. The molecule has 1 aromatic rings. The highest BCUT2D eigenvalue weighted by Gasteiger charge is 2.40.